The van der Waals surface area contributed by atoms with Gasteiger partial charge in [-0.1, -0.05) is 37.5 Å². The summed E-state index contributed by atoms with van der Waals surface area (Å²) < 4.78 is 0. The molecule has 1 heterocycles. The van der Waals surface area contributed by atoms with Gasteiger partial charge in [-0.2, -0.15) is 0 Å². The van der Waals surface area contributed by atoms with E-state index in [1.807, 2.05) is 30.3 Å². The lowest BCUT2D eigenvalue weighted by Crippen LogP contribution is -2.44. The summed E-state index contributed by atoms with van der Waals surface area (Å²) in [5, 5.41) is 3.95. The van der Waals surface area contributed by atoms with Crippen LogP contribution in [-0.4, -0.2) is 16.4 Å². The number of anilines is 1. The predicted molar refractivity (Wildman–Crippen MR) is 85.0 cm³/mol. The van der Waals surface area contributed by atoms with Crippen LogP contribution in [-0.2, 0) is 4.79 Å². The molecule has 3 rings (SSSR count). The molecule has 1 aromatic carbocycles. The van der Waals surface area contributed by atoms with Gasteiger partial charge in [-0.15, -0.1) is 0 Å². The molecule has 4 heteroatoms. The minimum Gasteiger partial charge on any atom is -0.325 e. The average Bonchev–Trinajstić information content (AvgIpc) is 2.47. The van der Waals surface area contributed by atoms with Crippen molar-refractivity contribution in [1.82, 2.24) is 4.98 Å². The van der Waals surface area contributed by atoms with E-state index >= 15 is 0 Å². The molecule has 0 unspecified atom stereocenters. The number of rotatable bonds is 3. The molecular weight excluding hydrogens is 262 g/mol. The average molecular weight is 283 g/mol. The first kappa shape index (κ1) is 14.0. The number of hydrogen-bond donors (Lipinski definition) is 2. The van der Waals surface area contributed by atoms with Gasteiger partial charge in [0.2, 0.25) is 5.91 Å². The summed E-state index contributed by atoms with van der Waals surface area (Å²) in [5.74, 6) is -0.0171. The lowest BCUT2D eigenvalue weighted by Gasteiger charge is -2.32. The van der Waals surface area contributed by atoms with Crippen LogP contribution in [0.2, 0.25) is 0 Å². The summed E-state index contributed by atoms with van der Waals surface area (Å²) in [6.45, 7) is 0. The van der Waals surface area contributed by atoms with Crippen LogP contribution >= 0.6 is 0 Å². The molecule has 0 spiro atoms. The molecule has 1 aromatic heterocycles. The molecule has 2 aromatic rings. The highest BCUT2D eigenvalue weighted by molar-refractivity contribution is 5.93. The first-order valence-electron chi connectivity index (χ1n) is 7.58. The van der Waals surface area contributed by atoms with Crippen LogP contribution in [0, 0.1) is 0 Å². The first-order chi connectivity index (χ1) is 10.1. The van der Waals surface area contributed by atoms with Crippen molar-refractivity contribution in [3.05, 3.63) is 36.5 Å². The number of nitrogens with zero attached hydrogens (tertiary/aromatic N) is 1. The van der Waals surface area contributed by atoms with Gasteiger partial charge in [0.15, 0.2) is 0 Å². The normalized spacial score (nSPS) is 17.6. The van der Waals surface area contributed by atoms with Gasteiger partial charge in [0.25, 0.3) is 0 Å². The summed E-state index contributed by atoms with van der Waals surface area (Å²) in [7, 11) is 0. The van der Waals surface area contributed by atoms with Crippen molar-refractivity contribution >= 4 is 22.5 Å². The van der Waals surface area contributed by atoms with Gasteiger partial charge in [0, 0.05) is 17.3 Å². The molecule has 0 atom stereocenters. The van der Waals surface area contributed by atoms with Crippen LogP contribution in [0.5, 0.6) is 0 Å². The smallest absolute Gasteiger partial charge is 0.226 e. The van der Waals surface area contributed by atoms with Crippen LogP contribution in [0.4, 0.5) is 5.69 Å². The van der Waals surface area contributed by atoms with E-state index in [0.717, 1.165) is 42.3 Å². The van der Waals surface area contributed by atoms with E-state index in [1.165, 1.54) is 6.42 Å². The molecular formula is C17H21N3O. The number of pyridine rings is 1. The minimum absolute atomic E-state index is 0.0171. The largest absolute Gasteiger partial charge is 0.325 e. The van der Waals surface area contributed by atoms with Crippen molar-refractivity contribution in [3.63, 3.8) is 0 Å². The standard InChI is InChI=1S/C17H21N3O/c18-17(8-4-1-5-9-17)11-16(21)20-14-10-13-6-2-3-7-15(13)19-12-14/h2-3,6-7,10,12H,1,4-5,8-9,11,18H2,(H,20,21). The highest BCUT2D eigenvalue weighted by Gasteiger charge is 2.29. The number of para-hydroxylation sites is 1. The van der Waals surface area contributed by atoms with Crippen LogP contribution in [0.25, 0.3) is 10.9 Å². The van der Waals surface area contributed by atoms with Crippen LogP contribution in [0.15, 0.2) is 36.5 Å². The molecule has 1 amide bonds. The van der Waals surface area contributed by atoms with Gasteiger partial charge >= 0.3 is 0 Å². The number of nitrogens with one attached hydrogen (secondary N) is 1. The Labute approximate surface area is 124 Å². The fraction of sp³-hybridized carbons (Fsp3) is 0.412. The van der Waals surface area contributed by atoms with Crippen molar-refractivity contribution in [1.29, 1.82) is 0 Å². The van der Waals surface area contributed by atoms with E-state index in [1.54, 1.807) is 6.20 Å². The van der Waals surface area contributed by atoms with Gasteiger partial charge in [-0.05, 0) is 25.0 Å². The van der Waals surface area contributed by atoms with E-state index in [-0.39, 0.29) is 11.4 Å². The molecule has 0 bridgehead atoms. The molecule has 0 aliphatic heterocycles. The number of fused-ring (bicyclic) bond motifs is 1. The fourth-order valence-corrected chi connectivity index (χ4v) is 3.10. The monoisotopic (exact) mass is 283 g/mol. The van der Waals surface area contributed by atoms with Crippen molar-refractivity contribution in [2.75, 3.05) is 5.32 Å². The van der Waals surface area contributed by atoms with Crippen molar-refractivity contribution in [2.45, 2.75) is 44.1 Å². The third kappa shape index (κ3) is 3.39. The number of carbonyl (C=O) groups is 1. The van der Waals surface area contributed by atoms with E-state index in [9.17, 15) is 4.79 Å². The van der Waals surface area contributed by atoms with Crippen molar-refractivity contribution in [3.8, 4) is 0 Å². The SMILES string of the molecule is NC1(CC(=O)Nc2cnc3ccccc3c2)CCCCC1. The fourth-order valence-electron chi connectivity index (χ4n) is 3.10. The zero-order valence-corrected chi connectivity index (χ0v) is 12.1. The van der Waals surface area contributed by atoms with Crippen molar-refractivity contribution in [2.24, 2.45) is 5.73 Å². The molecule has 0 radical (unpaired) electrons. The lowest BCUT2D eigenvalue weighted by molar-refractivity contribution is -0.117. The second kappa shape index (κ2) is 5.82. The highest BCUT2D eigenvalue weighted by Crippen LogP contribution is 2.29. The molecule has 1 aliphatic carbocycles. The van der Waals surface area contributed by atoms with E-state index < -0.39 is 0 Å². The summed E-state index contributed by atoms with van der Waals surface area (Å²) >= 11 is 0. The quantitative estimate of drug-likeness (QED) is 0.908. The Hall–Kier alpha value is -1.94. The Balaban J connectivity index is 1.68. The Morgan fingerprint density at radius 3 is 2.81 bits per heavy atom. The van der Waals surface area contributed by atoms with Gasteiger partial charge in [-0.25, -0.2) is 0 Å². The predicted octanol–water partition coefficient (Wildman–Crippen LogP) is 3.23. The lowest BCUT2D eigenvalue weighted by atomic mass is 9.80. The summed E-state index contributed by atoms with van der Waals surface area (Å²) in [5.41, 5.74) is 7.66. The Kier molecular flexibility index (Phi) is 3.88. The van der Waals surface area contributed by atoms with E-state index in [0.29, 0.717) is 6.42 Å². The highest BCUT2D eigenvalue weighted by atomic mass is 16.1. The number of amides is 1. The second-order valence-corrected chi connectivity index (χ2v) is 6.06. The second-order valence-electron chi connectivity index (χ2n) is 6.06. The van der Waals surface area contributed by atoms with E-state index in [4.69, 9.17) is 5.73 Å². The van der Waals surface area contributed by atoms with Crippen LogP contribution in [0.3, 0.4) is 0 Å². The van der Waals surface area contributed by atoms with Crippen LogP contribution < -0.4 is 11.1 Å². The molecule has 1 fully saturated rings. The summed E-state index contributed by atoms with van der Waals surface area (Å²) in [6, 6.07) is 9.81. The molecule has 1 saturated carbocycles. The maximum absolute atomic E-state index is 12.2. The van der Waals surface area contributed by atoms with Gasteiger partial charge < -0.3 is 11.1 Å². The van der Waals surface area contributed by atoms with E-state index in [2.05, 4.69) is 10.3 Å². The Morgan fingerprint density at radius 1 is 1.24 bits per heavy atom. The Bertz CT molecular complexity index is 647. The topological polar surface area (TPSA) is 68.0 Å². The summed E-state index contributed by atoms with van der Waals surface area (Å²) in [6.07, 6.45) is 7.45. The first-order valence-corrected chi connectivity index (χ1v) is 7.58. The number of hydrogen-bond acceptors (Lipinski definition) is 3. The zero-order chi connectivity index (χ0) is 14.7. The number of carbonyl (C=O) groups excluding carboxylic acids is 1. The Morgan fingerprint density at radius 2 is 2.00 bits per heavy atom. The van der Waals surface area contributed by atoms with Crippen molar-refractivity contribution < 1.29 is 4.79 Å². The summed E-state index contributed by atoms with van der Waals surface area (Å²) in [4.78, 5) is 16.6. The molecule has 110 valence electrons. The molecule has 3 N–H and O–H groups in total. The third-order valence-electron chi connectivity index (χ3n) is 4.24. The maximum Gasteiger partial charge on any atom is 0.226 e. The van der Waals surface area contributed by atoms with Gasteiger partial charge in [0.05, 0.1) is 17.4 Å². The molecule has 21 heavy (non-hydrogen) atoms. The number of nitrogens with two attached hydrogens (primary N) is 1. The molecule has 1 aliphatic rings. The zero-order valence-electron chi connectivity index (χ0n) is 12.1. The van der Waals surface area contributed by atoms with Crippen LogP contribution in [0.1, 0.15) is 38.5 Å². The molecule has 4 nitrogen and oxygen atoms in total. The van der Waals surface area contributed by atoms with Gasteiger partial charge in [0.1, 0.15) is 0 Å². The number of benzene rings is 1. The van der Waals surface area contributed by atoms with Gasteiger partial charge in [-0.3, -0.25) is 9.78 Å². The number of aromatic nitrogens is 1. The third-order valence-corrected chi connectivity index (χ3v) is 4.24. The molecule has 0 saturated heterocycles. The maximum atomic E-state index is 12.2. The minimum atomic E-state index is -0.327.